The van der Waals surface area contributed by atoms with Crippen LogP contribution in [0.15, 0.2) is 41.3 Å². The Hall–Kier alpha value is -1.46. The van der Waals surface area contributed by atoms with Crippen LogP contribution >= 0.6 is 0 Å². The molecule has 0 aromatic heterocycles. The lowest BCUT2D eigenvalue weighted by Crippen LogP contribution is -2.55. The first-order chi connectivity index (χ1) is 10.6. The molecule has 2 N–H and O–H groups in total. The average molecular weight is 319 g/mol. The molecule has 118 valence electrons. The summed E-state index contributed by atoms with van der Waals surface area (Å²) >= 11 is 0. The first-order valence-electron chi connectivity index (χ1n) is 7.68. The van der Waals surface area contributed by atoms with Crippen molar-refractivity contribution < 1.29 is 14.1 Å². The van der Waals surface area contributed by atoms with Crippen molar-refractivity contribution in [2.24, 2.45) is 0 Å². The van der Waals surface area contributed by atoms with Crippen molar-refractivity contribution in [1.29, 1.82) is 0 Å². The lowest BCUT2D eigenvalue weighted by molar-refractivity contribution is -0.119. The topological polar surface area (TPSA) is 66.4 Å². The Morgan fingerprint density at radius 3 is 2.68 bits per heavy atom. The molecule has 0 radical (unpaired) electrons. The van der Waals surface area contributed by atoms with E-state index in [2.05, 4.69) is 5.32 Å². The standard InChI is InChI=1S/C17H21NO3S/c19-12-17(14-6-2-1-3-7-14)9-15(10-17)18-16(20)13-5-4-8-22(21)11-13/h1-3,6-7,11,15,19H,4-5,8-10,12H2,(H,18,20)/t15?,17?,22-/m0/s1. The lowest BCUT2D eigenvalue weighted by atomic mass is 9.62. The number of carbonyl (C=O) groups excluding carboxylic acids is 1. The molecule has 1 aromatic carbocycles. The van der Waals surface area contributed by atoms with Crippen LogP contribution in [0, 0.1) is 0 Å². The molecule has 3 rings (SSSR count). The normalized spacial score (nSPS) is 31.0. The minimum absolute atomic E-state index is 0.0797. The summed E-state index contributed by atoms with van der Waals surface area (Å²) in [7, 11) is -0.999. The van der Waals surface area contributed by atoms with E-state index in [1.165, 1.54) is 0 Å². The summed E-state index contributed by atoms with van der Waals surface area (Å²) in [5.74, 6) is 0.555. The third-order valence-electron chi connectivity index (χ3n) is 4.66. The monoisotopic (exact) mass is 319 g/mol. The van der Waals surface area contributed by atoms with Gasteiger partial charge in [0, 0.05) is 39.0 Å². The maximum Gasteiger partial charge on any atom is 0.248 e. The van der Waals surface area contributed by atoms with Crippen LogP contribution in [-0.4, -0.2) is 33.6 Å². The Morgan fingerprint density at radius 1 is 1.32 bits per heavy atom. The first-order valence-corrected chi connectivity index (χ1v) is 9.06. The summed E-state index contributed by atoms with van der Waals surface area (Å²) in [5.41, 5.74) is 1.54. The molecule has 0 spiro atoms. The molecule has 0 unspecified atom stereocenters. The number of aliphatic hydroxyl groups excluding tert-OH is 1. The summed E-state index contributed by atoms with van der Waals surface area (Å²) in [6.07, 6.45) is 3.00. The highest BCUT2D eigenvalue weighted by Gasteiger charge is 2.45. The van der Waals surface area contributed by atoms with E-state index in [9.17, 15) is 14.1 Å². The van der Waals surface area contributed by atoms with Gasteiger partial charge in [0.1, 0.15) is 0 Å². The number of aliphatic hydroxyl groups is 1. The molecule has 22 heavy (non-hydrogen) atoms. The Labute approximate surface area is 133 Å². The lowest BCUT2D eigenvalue weighted by Gasteiger charge is -2.47. The van der Waals surface area contributed by atoms with Crippen molar-refractivity contribution in [3.8, 4) is 0 Å². The fourth-order valence-corrected chi connectivity index (χ4v) is 4.45. The van der Waals surface area contributed by atoms with Crippen molar-refractivity contribution in [2.45, 2.75) is 37.1 Å². The predicted molar refractivity (Wildman–Crippen MR) is 86.7 cm³/mol. The molecule has 1 atom stereocenters. The number of hydrogen-bond donors (Lipinski definition) is 2. The predicted octanol–water partition coefficient (Wildman–Crippen LogP) is 1.62. The molecule has 1 saturated carbocycles. The molecular formula is C17H21NO3S. The summed E-state index contributed by atoms with van der Waals surface area (Å²) in [6.45, 7) is 0.0934. The van der Waals surface area contributed by atoms with Gasteiger partial charge in [0.2, 0.25) is 5.91 Å². The van der Waals surface area contributed by atoms with Gasteiger partial charge in [-0.25, -0.2) is 0 Å². The van der Waals surface area contributed by atoms with E-state index >= 15 is 0 Å². The van der Waals surface area contributed by atoms with E-state index in [1.54, 1.807) is 5.41 Å². The van der Waals surface area contributed by atoms with Crippen LogP contribution in [0.25, 0.3) is 0 Å². The van der Waals surface area contributed by atoms with E-state index in [4.69, 9.17) is 0 Å². The molecule has 1 aliphatic carbocycles. The fourth-order valence-electron chi connectivity index (χ4n) is 3.36. The van der Waals surface area contributed by atoms with Crippen molar-refractivity contribution >= 4 is 16.7 Å². The maximum absolute atomic E-state index is 12.2. The van der Waals surface area contributed by atoms with Gasteiger partial charge in [-0.05, 0) is 31.2 Å². The van der Waals surface area contributed by atoms with E-state index < -0.39 is 10.8 Å². The molecule has 1 aliphatic heterocycles. The fraction of sp³-hybridized carbons (Fsp3) is 0.471. The van der Waals surface area contributed by atoms with Gasteiger partial charge >= 0.3 is 0 Å². The number of hydrogen-bond acceptors (Lipinski definition) is 3. The third-order valence-corrected chi connectivity index (χ3v) is 5.89. The second kappa shape index (κ2) is 6.34. The van der Waals surface area contributed by atoms with Gasteiger partial charge in [-0.3, -0.25) is 9.00 Å². The average Bonchev–Trinajstić information content (AvgIpc) is 2.51. The Bertz CT molecular complexity index is 606. The molecular weight excluding hydrogens is 298 g/mol. The summed E-state index contributed by atoms with van der Waals surface area (Å²) in [5, 5.41) is 14.4. The summed E-state index contributed by atoms with van der Waals surface area (Å²) in [4.78, 5) is 12.2. The summed E-state index contributed by atoms with van der Waals surface area (Å²) < 4.78 is 11.5. The Morgan fingerprint density at radius 2 is 2.05 bits per heavy atom. The smallest absolute Gasteiger partial charge is 0.248 e. The Balaban J connectivity index is 1.61. The highest BCUT2D eigenvalue weighted by atomic mass is 32.2. The molecule has 1 aromatic rings. The first kappa shape index (κ1) is 15.4. The van der Waals surface area contributed by atoms with Crippen LogP contribution in [-0.2, 0) is 21.0 Å². The number of benzene rings is 1. The Kier molecular flexibility index (Phi) is 4.45. The molecule has 0 saturated heterocycles. The molecule has 1 heterocycles. The number of nitrogens with one attached hydrogen (secondary N) is 1. The number of carbonyl (C=O) groups is 1. The van der Waals surface area contributed by atoms with Crippen LogP contribution in [0.3, 0.4) is 0 Å². The molecule has 2 aliphatic rings. The maximum atomic E-state index is 12.2. The van der Waals surface area contributed by atoms with E-state index in [0.717, 1.165) is 24.8 Å². The van der Waals surface area contributed by atoms with E-state index in [-0.39, 0.29) is 24.0 Å². The van der Waals surface area contributed by atoms with Crippen molar-refractivity contribution in [3.05, 3.63) is 46.9 Å². The van der Waals surface area contributed by atoms with Gasteiger partial charge in [0.25, 0.3) is 0 Å². The molecule has 1 amide bonds. The third kappa shape index (κ3) is 3.01. The van der Waals surface area contributed by atoms with Crippen LogP contribution < -0.4 is 5.32 Å². The van der Waals surface area contributed by atoms with E-state index in [1.807, 2.05) is 30.3 Å². The van der Waals surface area contributed by atoms with Gasteiger partial charge < -0.3 is 10.4 Å². The van der Waals surface area contributed by atoms with Crippen LogP contribution in [0.1, 0.15) is 31.2 Å². The van der Waals surface area contributed by atoms with Gasteiger partial charge in [0.15, 0.2) is 0 Å². The minimum Gasteiger partial charge on any atom is -0.395 e. The zero-order valence-electron chi connectivity index (χ0n) is 12.5. The van der Waals surface area contributed by atoms with Gasteiger partial charge in [-0.15, -0.1) is 0 Å². The zero-order valence-corrected chi connectivity index (χ0v) is 13.3. The zero-order chi connectivity index (χ0) is 15.6. The van der Waals surface area contributed by atoms with Crippen molar-refractivity contribution in [2.75, 3.05) is 12.4 Å². The highest BCUT2D eigenvalue weighted by Crippen LogP contribution is 2.43. The minimum atomic E-state index is -0.999. The van der Waals surface area contributed by atoms with Crippen LogP contribution in [0.4, 0.5) is 0 Å². The van der Waals surface area contributed by atoms with Gasteiger partial charge in [0.05, 0.1) is 6.61 Å². The van der Waals surface area contributed by atoms with Crippen molar-refractivity contribution in [3.63, 3.8) is 0 Å². The van der Waals surface area contributed by atoms with Gasteiger partial charge in [-0.2, -0.15) is 0 Å². The SMILES string of the molecule is O=C(NC1CC(CO)(c2ccccc2)C1)C1=C[S@@](=O)CCC1. The quantitative estimate of drug-likeness (QED) is 0.886. The summed E-state index contributed by atoms with van der Waals surface area (Å²) in [6, 6.07) is 10.0. The number of amides is 1. The highest BCUT2D eigenvalue weighted by molar-refractivity contribution is 7.88. The second-order valence-electron chi connectivity index (χ2n) is 6.21. The van der Waals surface area contributed by atoms with E-state index in [0.29, 0.717) is 17.7 Å². The molecule has 5 heteroatoms. The van der Waals surface area contributed by atoms with Gasteiger partial charge in [-0.1, -0.05) is 30.3 Å². The molecule has 1 fully saturated rings. The molecule has 0 bridgehead atoms. The largest absolute Gasteiger partial charge is 0.395 e. The van der Waals surface area contributed by atoms with Crippen LogP contribution in [0.2, 0.25) is 0 Å². The number of rotatable bonds is 4. The molecule has 4 nitrogen and oxygen atoms in total. The second-order valence-corrected chi connectivity index (χ2v) is 7.62. The van der Waals surface area contributed by atoms with Crippen molar-refractivity contribution in [1.82, 2.24) is 5.32 Å². The van der Waals surface area contributed by atoms with Crippen LogP contribution in [0.5, 0.6) is 0 Å².